The van der Waals surface area contributed by atoms with Crippen LogP contribution in [0.1, 0.15) is 43.5 Å². The third kappa shape index (κ3) is 2.54. The van der Waals surface area contributed by atoms with Crippen molar-refractivity contribution in [2.75, 3.05) is 0 Å². The van der Waals surface area contributed by atoms with Gasteiger partial charge in [-0.05, 0) is 43.4 Å². The summed E-state index contributed by atoms with van der Waals surface area (Å²) in [5.41, 5.74) is 7.05. The number of ether oxygens (including phenoxy) is 1. The van der Waals surface area contributed by atoms with Crippen LogP contribution in [0.15, 0.2) is 28.8 Å². The molecule has 0 atom stereocenters. The lowest BCUT2D eigenvalue weighted by Gasteiger charge is -2.34. The Kier molecular flexibility index (Phi) is 3.44. The van der Waals surface area contributed by atoms with Crippen LogP contribution in [-0.4, -0.2) is 10.1 Å². The predicted molar refractivity (Wildman–Crippen MR) is 74.2 cm³/mol. The van der Waals surface area contributed by atoms with Crippen LogP contribution >= 0.6 is 0 Å². The van der Waals surface area contributed by atoms with Gasteiger partial charge < -0.3 is 15.0 Å². The van der Waals surface area contributed by atoms with Crippen molar-refractivity contribution >= 4 is 0 Å². The summed E-state index contributed by atoms with van der Waals surface area (Å²) < 4.78 is 10.8. The summed E-state index contributed by atoms with van der Waals surface area (Å²) in [6, 6.07) is 8.01. The van der Waals surface area contributed by atoms with E-state index in [0.29, 0.717) is 11.7 Å². The van der Waals surface area contributed by atoms with Gasteiger partial charge in [0.05, 0.1) is 5.54 Å². The molecule has 0 bridgehead atoms. The summed E-state index contributed by atoms with van der Waals surface area (Å²) in [7, 11) is 0. The van der Waals surface area contributed by atoms with E-state index in [1.807, 2.05) is 12.1 Å². The number of nitrogens with zero attached hydrogens (tertiary/aromatic N) is 2. The molecule has 1 aromatic carbocycles. The molecule has 1 aliphatic rings. The molecule has 0 amide bonds. The van der Waals surface area contributed by atoms with Gasteiger partial charge in [-0.3, -0.25) is 0 Å². The molecule has 5 nitrogen and oxygen atoms in total. The summed E-state index contributed by atoms with van der Waals surface area (Å²) in [4.78, 5) is 4.33. The van der Waals surface area contributed by atoms with E-state index in [4.69, 9.17) is 15.0 Å². The zero-order valence-electron chi connectivity index (χ0n) is 11.6. The van der Waals surface area contributed by atoms with Gasteiger partial charge in [-0.1, -0.05) is 24.2 Å². The maximum absolute atomic E-state index is 6.15. The van der Waals surface area contributed by atoms with E-state index >= 15 is 0 Å². The largest absolute Gasteiger partial charge is 0.484 e. The second-order valence-electron chi connectivity index (χ2n) is 5.31. The fraction of sp³-hybridized carbons (Fsp3) is 0.467. The maximum atomic E-state index is 6.15. The van der Waals surface area contributed by atoms with Crippen LogP contribution in [0.3, 0.4) is 0 Å². The van der Waals surface area contributed by atoms with Gasteiger partial charge in [0.15, 0.2) is 12.4 Å². The molecule has 0 spiro atoms. The van der Waals surface area contributed by atoms with Gasteiger partial charge in [-0.25, -0.2) is 0 Å². The number of rotatable bonds is 5. The van der Waals surface area contributed by atoms with Crippen LogP contribution in [-0.2, 0) is 18.6 Å². The number of benzene rings is 1. The molecular formula is C15H19N3O2. The second-order valence-corrected chi connectivity index (χ2v) is 5.31. The molecule has 2 aromatic rings. The van der Waals surface area contributed by atoms with E-state index in [9.17, 15) is 0 Å². The minimum absolute atomic E-state index is 0.272. The Morgan fingerprint density at radius 1 is 1.30 bits per heavy atom. The Balaban J connectivity index is 1.60. The van der Waals surface area contributed by atoms with Crippen molar-refractivity contribution in [3.05, 3.63) is 41.5 Å². The van der Waals surface area contributed by atoms with Crippen molar-refractivity contribution in [3.63, 3.8) is 0 Å². The molecule has 1 saturated carbocycles. The van der Waals surface area contributed by atoms with E-state index in [-0.39, 0.29) is 12.1 Å². The molecule has 1 heterocycles. The second kappa shape index (κ2) is 5.25. The number of hydrogen-bond donors (Lipinski definition) is 1. The van der Waals surface area contributed by atoms with E-state index < -0.39 is 0 Å². The molecule has 3 rings (SSSR count). The van der Waals surface area contributed by atoms with Gasteiger partial charge in [-0.2, -0.15) is 4.98 Å². The molecule has 0 unspecified atom stereocenters. The Bertz CT molecular complexity index is 573. The average molecular weight is 273 g/mol. The molecule has 0 aliphatic heterocycles. The summed E-state index contributed by atoms with van der Waals surface area (Å²) in [6.45, 7) is 2.40. The van der Waals surface area contributed by atoms with Crippen LogP contribution in [0.2, 0.25) is 0 Å². The molecular weight excluding hydrogens is 254 g/mol. The number of aromatic nitrogens is 2. The Morgan fingerprint density at radius 2 is 2.05 bits per heavy atom. The van der Waals surface area contributed by atoms with Gasteiger partial charge in [0.2, 0.25) is 0 Å². The lowest BCUT2D eigenvalue weighted by atomic mass is 9.77. The molecule has 1 aromatic heterocycles. The summed E-state index contributed by atoms with van der Waals surface area (Å²) in [6.07, 6.45) is 3.99. The zero-order chi connectivity index (χ0) is 14.0. The Morgan fingerprint density at radius 3 is 2.65 bits per heavy atom. The highest BCUT2D eigenvalue weighted by molar-refractivity contribution is 5.27. The molecule has 0 saturated heterocycles. The van der Waals surface area contributed by atoms with Crippen molar-refractivity contribution in [3.8, 4) is 5.75 Å². The lowest BCUT2D eigenvalue weighted by molar-refractivity contribution is 0.223. The standard InChI is InChI=1S/C15H19N3O2/c1-2-11-4-6-12(7-5-11)19-10-13-17-14(18-20-13)15(16)8-3-9-15/h4-7H,2-3,8-10,16H2,1H3. The van der Waals surface area contributed by atoms with E-state index in [1.165, 1.54) is 5.56 Å². The molecule has 1 aliphatic carbocycles. The first kappa shape index (κ1) is 13.1. The highest BCUT2D eigenvalue weighted by Crippen LogP contribution is 2.36. The summed E-state index contributed by atoms with van der Waals surface area (Å²) >= 11 is 0. The molecule has 0 radical (unpaired) electrons. The van der Waals surface area contributed by atoms with Crippen LogP contribution in [0.5, 0.6) is 5.75 Å². The molecule has 1 fully saturated rings. The third-order valence-electron chi connectivity index (χ3n) is 3.85. The maximum Gasteiger partial charge on any atom is 0.264 e. The highest BCUT2D eigenvalue weighted by Gasteiger charge is 2.38. The smallest absolute Gasteiger partial charge is 0.264 e. The first-order valence-corrected chi connectivity index (χ1v) is 7.03. The monoisotopic (exact) mass is 273 g/mol. The van der Waals surface area contributed by atoms with Gasteiger partial charge in [0.1, 0.15) is 5.75 Å². The first-order valence-electron chi connectivity index (χ1n) is 7.03. The van der Waals surface area contributed by atoms with Crippen molar-refractivity contribution in [2.45, 2.75) is 44.8 Å². The number of nitrogens with two attached hydrogens (primary N) is 1. The quantitative estimate of drug-likeness (QED) is 0.906. The summed E-state index contributed by atoms with van der Waals surface area (Å²) in [5, 5.41) is 3.96. The third-order valence-corrected chi connectivity index (χ3v) is 3.85. The fourth-order valence-corrected chi connectivity index (χ4v) is 2.26. The summed E-state index contributed by atoms with van der Waals surface area (Å²) in [5.74, 6) is 1.87. The van der Waals surface area contributed by atoms with Crippen molar-refractivity contribution in [1.29, 1.82) is 0 Å². The van der Waals surface area contributed by atoms with Gasteiger partial charge in [0.25, 0.3) is 5.89 Å². The van der Waals surface area contributed by atoms with Crippen LogP contribution < -0.4 is 10.5 Å². The lowest BCUT2D eigenvalue weighted by Crippen LogP contribution is -2.44. The Labute approximate surface area is 118 Å². The van der Waals surface area contributed by atoms with Crippen LogP contribution in [0.4, 0.5) is 0 Å². The van der Waals surface area contributed by atoms with E-state index in [1.54, 1.807) is 0 Å². The van der Waals surface area contributed by atoms with Crippen molar-refractivity contribution < 1.29 is 9.26 Å². The van der Waals surface area contributed by atoms with E-state index in [0.717, 1.165) is 31.4 Å². The van der Waals surface area contributed by atoms with E-state index in [2.05, 4.69) is 29.2 Å². The minimum Gasteiger partial charge on any atom is -0.484 e. The van der Waals surface area contributed by atoms with Crippen LogP contribution in [0.25, 0.3) is 0 Å². The van der Waals surface area contributed by atoms with Gasteiger partial charge >= 0.3 is 0 Å². The number of hydrogen-bond acceptors (Lipinski definition) is 5. The Hall–Kier alpha value is -1.88. The molecule has 5 heteroatoms. The average Bonchev–Trinajstić information content (AvgIpc) is 2.92. The topological polar surface area (TPSA) is 74.2 Å². The fourth-order valence-electron chi connectivity index (χ4n) is 2.26. The van der Waals surface area contributed by atoms with Gasteiger partial charge in [0, 0.05) is 0 Å². The SMILES string of the molecule is CCc1ccc(OCc2nc(C3(N)CCC3)no2)cc1. The molecule has 2 N–H and O–H groups in total. The molecule has 106 valence electrons. The predicted octanol–water partition coefficient (Wildman–Crippen LogP) is 2.55. The minimum atomic E-state index is -0.384. The zero-order valence-corrected chi connectivity index (χ0v) is 11.6. The van der Waals surface area contributed by atoms with Gasteiger partial charge in [-0.15, -0.1) is 0 Å². The van der Waals surface area contributed by atoms with Crippen LogP contribution in [0, 0.1) is 0 Å². The normalized spacial score (nSPS) is 16.7. The van der Waals surface area contributed by atoms with Crippen molar-refractivity contribution in [1.82, 2.24) is 10.1 Å². The van der Waals surface area contributed by atoms with Crippen molar-refractivity contribution in [2.24, 2.45) is 5.73 Å². The number of aryl methyl sites for hydroxylation is 1. The highest BCUT2D eigenvalue weighted by atomic mass is 16.5. The first-order chi connectivity index (χ1) is 9.69. The molecule has 20 heavy (non-hydrogen) atoms.